The lowest BCUT2D eigenvalue weighted by atomic mass is 10.1. The van der Waals surface area contributed by atoms with Gasteiger partial charge in [0.15, 0.2) is 9.84 Å². The molecule has 1 aliphatic heterocycles. The maximum absolute atomic E-state index is 11.8. The Balaban J connectivity index is 2.41. The molecule has 1 atom stereocenters. The third-order valence-electron chi connectivity index (χ3n) is 3.78. The molecular weight excluding hydrogens is 292 g/mol. The lowest BCUT2D eigenvalue weighted by Crippen LogP contribution is -2.47. The number of nitrogens with zero attached hydrogens (tertiary/aromatic N) is 1. The molecule has 1 aliphatic rings. The Morgan fingerprint density at radius 1 is 1.43 bits per heavy atom. The molecule has 6 nitrogen and oxygen atoms in total. The third kappa shape index (κ3) is 3.12. The number of carbonyl (C=O) groups excluding carboxylic acids is 1. The van der Waals surface area contributed by atoms with Crippen LogP contribution in [0.25, 0.3) is 0 Å². The molecule has 0 aliphatic carbocycles. The fraction of sp³-hybridized carbons (Fsp3) is 0.500. The molecule has 1 fully saturated rings. The van der Waals surface area contributed by atoms with Crippen molar-refractivity contribution in [3.63, 3.8) is 0 Å². The number of aryl methyl sites for hydroxylation is 1. The van der Waals surface area contributed by atoms with E-state index in [1.54, 1.807) is 6.07 Å². The molecule has 0 bridgehead atoms. The first-order valence-corrected chi connectivity index (χ1v) is 8.53. The number of hydrogen-bond acceptors (Lipinski definition) is 6. The van der Waals surface area contributed by atoms with Crippen LogP contribution >= 0.6 is 0 Å². The fourth-order valence-electron chi connectivity index (χ4n) is 2.61. The van der Waals surface area contributed by atoms with E-state index in [1.165, 1.54) is 7.11 Å². The van der Waals surface area contributed by atoms with Gasteiger partial charge in [0.2, 0.25) is 0 Å². The number of esters is 1. The van der Waals surface area contributed by atoms with Gasteiger partial charge in [-0.3, -0.25) is 0 Å². The van der Waals surface area contributed by atoms with Gasteiger partial charge in [-0.2, -0.15) is 0 Å². The normalized spacial score (nSPS) is 21.1. The van der Waals surface area contributed by atoms with E-state index in [-0.39, 0.29) is 17.5 Å². The summed E-state index contributed by atoms with van der Waals surface area (Å²) in [4.78, 5) is 13.8. The minimum Gasteiger partial charge on any atom is -0.465 e. The highest BCUT2D eigenvalue weighted by Gasteiger charge is 2.29. The minimum atomic E-state index is -2.98. The van der Waals surface area contributed by atoms with Crippen LogP contribution in [0.4, 0.5) is 11.4 Å². The number of rotatable bonds is 2. The van der Waals surface area contributed by atoms with E-state index >= 15 is 0 Å². The van der Waals surface area contributed by atoms with Gasteiger partial charge < -0.3 is 15.4 Å². The molecule has 0 saturated carbocycles. The second kappa shape index (κ2) is 5.55. The van der Waals surface area contributed by atoms with Crippen LogP contribution in [-0.2, 0) is 14.6 Å². The number of methoxy groups -OCH3 is 1. The zero-order chi connectivity index (χ0) is 15.8. The second-order valence-electron chi connectivity index (χ2n) is 5.37. The van der Waals surface area contributed by atoms with Gasteiger partial charge in [-0.05, 0) is 31.5 Å². The van der Waals surface area contributed by atoms with Crippen molar-refractivity contribution < 1.29 is 17.9 Å². The van der Waals surface area contributed by atoms with Crippen LogP contribution in [0.2, 0.25) is 0 Å². The topological polar surface area (TPSA) is 89.7 Å². The standard InChI is InChI=1S/C14H20N2O4S/c1-9-6-11(7-12(13(9)15)14(17)20-3)16-4-5-21(18,19)8-10(16)2/h6-7,10H,4-5,8,15H2,1-3H3. The summed E-state index contributed by atoms with van der Waals surface area (Å²) in [7, 11) is -1.67. The SMILES string of the molecule is COC(=O)c1cc(N2CCS(=O)(=O)CC2C)cc(C)c1N. The molecule has 0 radical (unpaired) electrons. The van der Waals surface area contributed by atoms with Gasteiger partial charge in [0, 0.05) is 24.0 Å². The van der Waals surface area contributed by atoms with E-state index in [4.69, 9.17) is 10.5 Å². The van der Waals surface area contributed by atoms with E-state index in [9.17, 15) is 13.2 Å². The van der Waals surface area contributed by atoms with Gasteiger partial charge in [0.1, 0.15) is 0 Å². The zero-order valence-corrected chi connectivity index (χ0v) is 13.2. The molecule has 1 aromatic carbocycles. The Morgan fingerprint density at radius 3 is 2.67 bits per heavy atom. The smallest absolute Gasteiger partial charge is 0.340 e. The molecule has 1 heterocycles. The Kier molecular flexibility index (Phi) is 4.13. The van der Waals surface area contributed by atoms with Crippen LogP contribution in [0.3, 0.4) is 0 Å². The Hall–Kier alpha value is -1.76. The average Bonchev–Trinajstić information content (AvgIpc) is 2.40. The summed E-state index contributed by atoms with van der Waals surface area (Å²) in [6, 6.07) is 3.40. The highest BCUT2D eigenvalue weighted by molar-refractivity contribution is 7.91. The molecular formula is C14H20N2O4S. The fourth-order valence-corrected chi connectivity index (χ4v) is 4.16. The van der Waals surface area contributed by atoms with Gasteiger partial charge in [-0.25, -0.2) is 13.2 Å². The lowest BCUT2D eigenvalue weighted by molar-refractivity contribution is 0.0602. The van der Waals surface area contributed by atoms with Crippen molar-refractivity contribution in [2.24, 2.45) is 0 Å². The molecule has 1 unspecified atom stereocenters. The van der Waals surface area contributed by atoms with Crippen molar-refractivity contribution >= 4 is 27.2 Å². The number of carbonyl (C=O) groups is 1. The molecule has 2 rings (SSSR count). The Labute approximate surface area is 124 Å². The van der Waals surface area contributed by atoms with Crippen LogP contribution in [0, 0.1) is 6.92 Å². The molecule has 116 valence electrons. The van der Waals surface area contributed by atoms with Crippen LogP contribution in [0.1, 0.15) is 22.8 Å². The number of nitrogen functional groups attached to an aromatic ring is 1. The summed E-state index contributed by atoms with van der Waals surface area (Å²) in [5.41, 5.74) is 8.19. The van der Waals surface area contributed by atoms with Gasteiger partial charge >= 0.3 is 5.97 Å². The largest absolute Gasteiger partial charge is 0.465 e. The van der Waals surface area contributed by atoms with E-state index in [1.807, 2.05) is 24.8 Å². The first-order valence-electron chi connectivity index (χ1n) is 6.70. The van der Waals surface area contributed by atoms with Crippen LogP contribution < -0.4 is 10.6 Å². The second-order valence-corrected chi connectivity index (χ2v) is 7.60. The number of nitrogens with two attached hydrogens (primary N) is 1. The van der Waals surface area contributed by atoms with Crippen LogP contribution in [0.15, 0.2) is 12.1 Å². The summed E-state index contributed by atoms with van der Waals surface area (Å²) in [6.07, 6.45) is 0. The highest BCUT2D eigenvalue weighted by atomic mass is 32.2. The number of benzene rings is 1. The molecule has 1 saturated heterocycles. The van der Waals surface area contributed by atoms with Gasteiger partial charge in [-0.15, -0.1) is 0 Å². The van der Waals surface area contributed by atoms with Crippen molar-refractivity contribution in [3.8, 4) is 0 Å². The number of anilines is 2. The molecule has 0 aromatic heterocycles. The summed E-state index contributed by atoms with van der Waals surface area (Å²) in [5, 5.41) is 0. The third-order valence-corrected chi connectivity index (χ3v) is 5.57. The molecule has 7 heteroatoms. The predicted molar refractivity (Wildman–Crippen MR) is 82.4 cm³/mol. The molecule has 0 spiro atoms. The van der Waals surface area contributed by atoms with Crippen molar-refractivity contribution in [2.45, 2.75) is 19.9 Å². The number of hydrogen-bond donors (Lipinski definition) is 1. The van der Waals surface area contributed by atoms with E-state index in [0.717, 1.165) is 11.3 Å². The average molecular weight is 312 g/mol. The Morgan fingerprint density at radius 2 is 2.10 bits per heavy atom. The molecule has 2 N–H and O–H groups in total. The molecule has 1 aromatic rings. The Bertz CT molecular complexity index is 670. The summed E-state index contributed by atoms with van der Waals surface area (Å²) in [6.45, 7) is 4.09. The summed E-state index contributed by atoms with van der Waals surface area (Å²) >= 11 is 0. The van der Waals surface area contributed by atoms with Crippen molar-refractivity contribution in [2.75, 3.05) is 35.8 Å². The first-order chi connectivity index (χ1) is 9.75. The highest BCUT2D eigenvalue weighted by Crippen LogP contribution is 2.29. The van der Waals surface area contributed by atoms with E-state index < -0.39 is 15.8 Å². The minimum absolute atomic E-state index is 0.115. The maximum atomic E-state index is 11.8. The summed E-state index contributed by atoms with van der Waals surface area (Å²) in [5.74, 6) is -0.257. The summed E-state index contributed by atoms with van der Waals surface area (Å²) < 4.78 is 28.1. The van der Waals surface area contributed by atoms with Gasteiger partial charge in [0.25, 0.3) is 0 Å². The van der Waals surface area contributed by atoms with Crippen LogP contribution in [0.5, 0.6) is 0 Å². The predicted octanol–water partition coefficient (Wildman–Crippen LogP) is 0.987. The van der Waals surface area contributed by atoms with Crippen molar-refractivity contribution in [3.05, 3.63) is 23.3 Å². The quantitative estimate of drug-likeness (QED) is 0.647. The van der Waals surface area contributed by atoms with E-state index in [2.05, 4.69) is 0 Å². The van der Waals surface area contributed by atoms with E-state index in [0.29, 0.717) is 17.8 Å². The zero-order valence-electron chi connectivity index (χ0n) is 12.4. The maximum Gasteiger partial charge on any atom is 0.340 e. The van der Waals surface area contributed by atoms with Gasteiger partial charge in [-0.1, -0.05) is 0 Å². The monoisotopic (exact) mass is 312 g/mol. The molecule has 21 heavy (non-hydrogen) atoms. The van der Waals surface area contributed by atoms with Crippen molar-refractivity contribution in [1.82, 2.24) is 0 Å². The lowest BCUT2D eigenvalue weighted by Gasteiger charge is -2.35. The van der Waals surface area contributed by atoms with Crippen molar-refractivity contribution in [1.29, 1.82) is 0 Å². The van der Waals surface area contributed by atoms with Crippen LogP contribution in [-0.4, -0.2) is 45.6 Å². The molecule has 0 amide bonds. The number of sulfone groups is 1. The first kappa shape index (κ1) is 15.6. The number of ether oxygens (including phenoxy) is 1. The van der Waals surface area contributed by atoms with Gasteiger partial charge in [0.05, 0.1) is 24.2 Å².